The monoisotopic (exact) mass is 294 g/mol. The van der Waals surface area contributed by atoms with Crippen LogP contribution in [0, 0.1) is 0 Å². The van der Waals surface area contributed by atoms with Gasteiger partial charge in [-0.2, -0.15) is 0 Å². The maximum absolute atomic E-state index is 6.30. The van der Waals surface area contributed by atoms with Gasteiger partial charge in [-0.25, -0.2) is 0 Å². The smallest absolute Gasteiger partial charge is 0.0356 e. The molecule has 1 atom stereocenters. The van der Waals surface area contributed by atoms with E-state index in [0.29, 0.717) is 5.54 Å². The minimum Gasteiger partial charge on any atom is -0.329 e. The minimum atomic E-state index is 0.294. The van der Waals surface area contributed by atoms with E-state index in [4.69, 9.17) is 5.73 Å². The number of hydrogen-bond acceptors (Lipinski definition) is 4. The molecule has 0 aromatic rings. The summed E-state index contributed by atoms with van der Waals surface area (Å²) in [6.45, 7) is 12.1. The van der Waals surface area contributed by atoms with Crippen molar-refractivity contribution in [3.63, 3.8) is 0 Å². The lowest BCUT2D eigenvalue weighted by molar-refractivity contribution is 0.0225. The molecule has 3 aliphatic rings. The third-order valence-corrected chi connectivity index (χ3v) is 6.18. The van der Waals surface area contributed by atoms with Crippen LogP contribution >= 0.6 is 0 Å². The molecule has 0 amide bonds. The number of likely N-dealkylation sites (tertiary alicyclic amines) is 1. The number of fused-ring (bicyclic) bond motifs is 1. The molecule has 0 saturated carbocycles. The van der Waals surface area contributed by atoms with Crippen LogP contribution in [0.4, 0.5) is 0 Å². The van der Waals surface area contributed by atoms with Gasteiger partial charge in [0.25, 0.3) is 0 Å². The zero-order valence-electron chi connectivity index (χ0n) is 13.9. The van der Waals surface area contributed by atoms with Crippen molar-refractivity contribution in [2.45, 2.75) is 57.0 Å². The van der Waals surface area contributed by atoms with Crippen LogP contribution in [0.5, 0.6) is 0 Å². The molecule has 3 rings (SSSR count). The van der Waals surface area contributed by atoms with E-state index in [2.05, 4.69) is 21.6 Å². The summed E-state index contributed by atoms with van der Waals surface area (Å²) in [6.07, 6.45) is 7.96. The average Bonchev–Trinajstić information content (AvgIpc) is 2.85. The van der Waals surface area contributed by atoms with Gasteiger partial charge in [-0.15, -0.1) is 0 Å². The first-order valence-corrected chi connectivity index (χ1v) is 9.19. The van der Waals surface area contributed by atoms with E-state index in [1.54, 1.807) is 0 Å². The summed E-state index contributed by atoms with van der Waals surface area (Å²) in [5, 5.41) is 0. The first-order valence-electron chi connectivity index (χ1n) is 9.19. The second-order valence-electron chi connectivity index (χ2n) is 7.40. The van der Waals surface area contributed by atoms with Crippen molar-refractivity contribution >= 4 is 0 Å². The van der Waals surface area contributed by atoms with Crippen molar-refractivity contribution in [2.24, 2.45) is 5.73 Å². The molecule has 0 aromatic heterocycles. The highest BCUT2D eigenvalue weighted by Gasteiger charge is 2.41. The van der Waals surface area contributed by atoms with Crippen molar-refractivity contribution in [1.29, 1.82) is 0 Å². The minimum absolute atomic E-state index is 0.294. The average molecular weight is 294 g/mol. The van der Waals surface area contributed by atoms with Crippen molar-refractivity contribution in [3.05, 3.63) is 0 Å². The standard InChI is InChI=1S/C17H34N4/c1-2-8-19-12-6-17(15-18,7-13-19)21-11-4-10-20-9-3-5-16(20)14-21/h16H,2-15,18H2,1H3. The molecule has 0 spiro atoms. The Labute approximate surface area is 130 Å². The first kappa shape index (κ1) is 15.7. The SMILES string of the molecule is CCCN1CCC(CN)(N2CCCN3CCCC3C2)CC1. The van der Waals surface area contributed by atoms with Gasteiger partial charge in [0.05, 0.1) is 0 Å². The number of hydrogen-bond donors (Lipinski definition) is 1. The van der Waals surface area contributed by atoms with Crippen LogP contribution in [0.1, 0.15) is 45.4 Å². The molecular formula is C17H34N4. The number of piperidine rings is 1. The van der Waals surface area contributed by atoms with Gasteiger partial charge in [-0.1, -0.05) is 6.92 Å². The highest BCUT2D eigenvalue weighted by molar-refractivity contribution is 4.99. The molecule has 4 nitrogen and oxygen atoms in total. The van der Waals surface area contributed by atoms with Gasteiger partial charge in [-0.05, 0) is 71.2 Å². The molecule has 3 heterocycles. The Hall–Kier alpha value is -0.160. The number of nitrogens with two attached hydrogens (primary N) is 1. The lowest BCUT2D eigenvalue weighted by Crippen LogP contribution is -2.60. The van der Waals surface area contributed by atoms with E-state index in [9.17, 15) is 0 Å². The molecule has 0 radical (unpaired) electrons. The molecule has 3 fully saturated rings. The van der Waals surface area contributed by atoms with Crippen LogP contribution in [0.15, 0.2) is 0 Å². The van der Waals surface area contributed by atoms with Gasteiger partial charge in [0.15, 0.2) is 0 Å². The van der Waals surface area contributed by atoms with Crippen LogP contribution in [0.25, 0.3) is 0 Å². The Kier molecular flexibility index (Phi) is 5.20. The Balaban J connectivity index is 1.65. The molecule has 1 unspecified atom stereocenters. The highest BCUT2D eigenvalue weighted by Crippen LogP contribution is 2.32. The van der Waals surface area contributed by atoms with Gasteiger partial charge in [0.1, 0.15) is 0 Å². The van der Waals surface area contributed by atoms with Gasteiger partial charge in [0, 0.05) is 31.2 Å². The summed E-state index contributed by atoms with van der Waals surface area (Å²) in [5.41, 5.74) is 6.60. The van der Waals surface area contributed by atoms with Crippen molar-refractivity contribution in [2.75, 3.05) is 52.4 Å². The molecule has 4 heteroatoms. The lowest BCUT2D eigenvalue weighted by atomic mass is 9.85. The second kappa shape index (κ2) is 6.95. The van der Waals surface area contributed by atoms with Gasteiger partial charge in [-0.3, -0.25) is 9.80 Å². The van der Waals surface area contributed by atoms with Gasteiger partial charge in [0.2, 0.25) is 0 Å². The Morgan fingerprint density at radius 2 is 1.81 bits per heavy atom. The fourth-order valence-corrected chi connectivity index (χ4v) is 4.80. The largest absolute Gasteiger partial charge is 0.329 e. The topological polar surface area (TPSA) is 35.7 Å². The number of rotatable bonds is 4. The van der Waals surface area contributed by atoms with E-state index in [0.717, 1.165) is 12.6 Å². The zero-order chi connectivity index (χ0) is 14.7. The quantitative estimate of drug-likeness (QED) is 0.849. The first-order chi connectivity index (χ1) is 10.3. The normalized spacial score (nSPS) is 32.0. The van der Waals surface area contributed by atoms with Crippen molar-refractivity contribution in [1.82, 2.24) is 14.7 Å². The third-order valence-electron chi connectivity index (χ3n) is 6.18. The Morgan fingerprint density at radius 3 is 2.52 bits per heavy atom. The van der Waals surface area contributed by atoms with Crippen molar-refractivity contribution < 1.29 is 0 Å². The fourth-order valence-electron chi connectivity index (χ4n) is 4.80. The van der Waals surface area contributed by atoms with Crippen molar-refractivity contribution in [3.8, 4) is 0 Å². The summed E-state index contributed by atoms with van der Waals surface area (Å²) in [4.78, 5) is 8.16. The van der Waals surface area contributed by atoms with E-state index < -0.39 is 0 Å². The number of nitrogens with zero attached hydrogens (tertiary/aromatic N) is 3. The molecular weight excluding hydrogens is 260 g/mol. The maximum Gasteiger partial charge on any atom is 0.0356 e. The molecule has 2 N–H and O–H groups in total. The molecule has 122 valence electrons. The fraction of sp³-hybridized carbons (Fsp3) is 1.00. The van der Waals surface area contributed by atoms with Crippen LogP contribution in [-0.4, -0.2) is 78.6 Å². The maximum atomic E-state index is 6.30. The molecule has 3 saturated heterocycles. The van der Waals surface area contributed by atoms with E-state index in [-0.39, 0.29) is 0 Å². The molecule has 0 bridgehead atoms. The van der Waals surface area contributed by atoms with Crippen LogP contribution in [0.3, 0.4) is 0 Å². The van der Waals surface area contributed by atoms with Crippen LogP contribution in [-0.2, 0) is 0 Å². The zero-order valence-corrected chi connectivity index (χ0v) is 13.9. The summed E-state index contributed by atoms with van der Waals surface area (Å²) in [5.74, 6) is 0. The highest BCUT2D eigenvalue weighted by atomic mass is 15.3. The summed E-state index contributed by atoms with van der Waals surface area (Å²) in [7, 11) is 0. The predicted octanol–water partition coefficient (Wildman–Crippen LogP) is 1.36. The second-order valence-corrected chi connectivity index (χ2v) is 7.40. The van der Waals surface area contributed by atoms with E-state index in [1.165, 1.54) is 84.3 Å². The predicted molar refractivity (Wildman–Crippen MR) is 88.5 cm³/mol. The summed E-state index contributed by atoms with van der Waals surface area (Å²) >= 11 is 0. The Morgan fingerprint density at radius 1 is 1.05 bits per heavy atom. The van der Waals surface area contributed by atoms with Gasteiger partial charge >= 0.3 is 0 Å². The van der Waals surface area contributed by atoms with E-state index >= 15 is 0 Å². The van der Waals surface area contributed by atoms with Gasteiger partial charge < -0.3 is 10.6 Å². The molecule has 0 aliphatic carbocycles. The van der Waals surface area contributed by atoms with Crippen LogP contribution in [0.2, 0.25) is 0 Å². The lowest BCUT2D eigenvalue weighted by Gasteiger charge is -2.49. The molecule has 3 aliphatic heterocycles. The molecule has 0 aromatic carbocycles. The molecule has 21 heavy (non-hydrogen) atoms. The van der Waals surface area contributed by atoms with E-state index in [1.807, 2.05) is 0 Å². The summed E-state index contributed by atoms with van der Waals surface area (Å²) in [6, 6.07) is 0.810. The summed E-state index contributed by atoms with van der Waals surface area (Å²) < 4.78 is 0. The third kappa shape index (κ3) is 3.29. The van der Waals surface area contributed by atoms with Crippen LogP contribution < -0.4 is 5.73 Å². The Bertz CT molecular complexity index is 325.